The quantitative estimate of drug-likeness (QED) is 0.658. The molecule has 0 aliphatic heterocycles. The van der Waals surface area contributed by atoms with Crippen LogP contribution in [0, 0.1) is 0 Å². The van der Waals surface area contributed by atoms with Crippen LogP contribution in [-0.2, 0) is 0 Å². The normalized spacial score (nSPS) is 11.1. The minimum absolute atomic E-state index is 0.0247. The maximum absolute atomic E-state index is 12.1. The Balaban J connectivity index is 3.06. The molecular weight excluding hydrogens is 309 g/mol. The predicted octanol–water partition coefficient (Wildman–Crippen LogP) is 1.41. The van der Waals surface area contributed by atoms with Crippen LogP contribution < -0.4 is 21.7 Å². The van der Waals surface area contributed by atoms with Gasteiger partial charge in [0, 0.05) is 20.6 Å². The Labute approximate surface area is 122 Å². The number of nitrogen functional groups attached to an aromatic ring is 1. The number of anilines is 2. The molecule has 21 heavy (non-hydrogen) atoms. The molecule has 0 radical (unpaired) electrons. The zero-order valence-corrected chi connectivity index (χ0v) is 12.2. The molecule has 0 aliphatic rings. The molecule has 5 N–H and O–H groups in total. The summed E-state index contributed by atoms with van der Waals surface area (Å²) in [5.74, 6) is -1.08. The van der Waals surface area contributed by atoms with Crippen molar-refractivity contribution in [1.29, 1.82) is 0 Å². The molecule has 1 heterocycles. The van der Waals surface area contributed by atoms with E-state index in [0.29, 0.717) is 0 Å². The Hall–Kier alpha value is -1.97. The first kappa shape index (κ1) is 17.1. The zero-order valence-electron chi connectivity index (χ0n) is 11.4. The highest BCUT2D eigenvalue weighted by Gasteiger charge is 2.28. The second-order valence-corrected chi connectivity index (χ2v) is 5.02. The molecular formula is C11H15F3N4O2S. The lowest BCUT2D eigenvalue weighted by Crippen LogP contribution is -2.22. The molecule has 118 valence electrons. The van der Waals surface area contributed by atoms with Crippen LogP contribution in [0.5, 0.6) is 0 Å². The Morgan fingerprint density at radius 1 is 1.19 bits per heavy atom. The molecule has 1 rings (SSSR count). The first-order chi connectivity index (χ1) is 9.71. The SMILES string of the molecule is CNC(=O)c1sc(NCCC(F)(F)F)c(C(=O)NC)c1N. The van der Waals surface area contributed by atoms with E-state index in [-0.39, 0.29) is 21.1 Å². The molecule has 1 aromatic heterocycles. The van der Waals surface area contributed by atoms with Gasteiger partial charge in [0.25, 0.3) is 11.8 Å². The number of alkyl halides is 3. The van der Waals surface area contributed by atoms with Gasteiger partial charge in [-0.3, -0.25) is 9.59 Å². The standard InChI is InChI=1S/C11H15F3N4O2S/c1-16-8(19)5-6(15)7(9(20)17-2)21-10(5)18-4-3-11(12,13)14/h18H,3-4,15H2,1-2H3,(H,16,19)(H,17,20). The number of hydrogen-bond donors (Lipinski definition) is 4. The molecule has 0 bridgehead atoms. The lowest BCUT2D eigenvalue weighted by molar-refractivity contribution is -0.131. The number of nitrogens with one attached hydrogen (secondary N) is 3. The van der Waals surface area contributed by atoms with Crippen molar-refractivity contribution in [2.45, 2.75) is 12.6 Å². The highest BCUT2D eigenvalue weighted by molar-refractivity contribution is 7.19. The third kappa shape index (κ3) is 4.25. The second-order valence-electron chi connectivity index (χ2n) is 4.00. The number of nitrogens with two attached hydrogens (primary N) is 1. The first-order valence-electron chi connectivity index (χ1n) is 5.88. The molecule has 1 aromatic rings. The van der Waals surface area contributed by atoms with Crippen molar-refractivity contribution in [1.82, 2.24) is 10.6 Å². The van der Waals surface area contributed by atoms with E-state index in [1.54, 1.807) is 0 Å². The molecule has 0 saturated heterocycles. The molecule has 0 saturated carbocycles. The van der Waals surface area contributed by atoms with E-state index in [0.717, 1.165) is 11.3 Å². The van der Waals surface area contributed by atoms with Gasteiger partial charge in [-0.05, 0) is 0 Å². The molecule has 2 amide bonds. The average Bonchev–Trinajstić information content (AvgIpc) is 2.72. The minimum atomic E-state index is -4.31. The highest BCUT2D eigenvalue weighted by Crippen LogP contribution is 2.36. The summed E-state index contributed by atoms with van der Waals surface area (Å²) in [6.45, 7) is -0.416. The third-order valence-electron chi connectivity index (χ3n) is 2.53. The highest BCUT2D eigenvalue weighted by atomic mass is 32.1. The van der Waals surface area contributed by atoms with Crippen LogP contribution in [-0.4, -0.2) is 38.6 Å². The summed E-state index contributed by atoms with van der Waals surface area (Å²) in [6, 6.07) is 0. The number of carbonyl (C=O) groups excluding carboxylic acids is 2. The van der Waals surface area contributed by atoms with Gasteiger partial charge in [0.1, 0.15) is 9.88 Å². The number of rotatable bonds is 5. The van der Waals surface area contributed by atoms with Gasteiger partial charge in [-0.15, -0.1) is 11.3 Å². The van der Waals surface area contributed by atoms with Crippen molar-refractivity contribution in [3.8, 4) is 0 Å². The summed E-state index contributed by atoms with van der Waals surface area (Å²) >= 11 is 0.837. The summed E-state index contributed by atoms with van der Waals surface area (Å²) in [4.78, 5) is 23.5. The summed E-state index contributed by atoms with van der Waals surface area (Å²) in [6.07, 6.45) is -5.38. The van der Waals surface area contributed by atoms with Crippen molar-refractivity contribution in [3.05, 3.63) is 10.4 Å². The van der Waals surface area contributed by atoms with E-state index in [1.807, 2.05) is 0 Å². The van der Waals surface area contributed by atoms with Crippen LogP contribution in [0.4, 0.5) is 23.9 Å². The van der Waals surface area contributed by atoms with Gasteiger partial charge in [-0.2, -0.15) is 13.2 Å². The topological polar surface area (TPSA) is 96.2 Å². The van der Waals surface area contributed by atoms with Crippen LogP contribution in [0.25, 0.3) is 0 Å². The fourth-order valence-corrected chi connectivity index (χ4v) is 2.61. The summed E-state index contributed by atoms with van der Waals surface area (Å²) in [5, 5.41) is 7.32. The summed E-state index contributed by atoms with van der Waals surface area (Å²) in [5.41, 5.74) is 5.65. The van der Waals surface area contributed by atoms with E-state index in [1.165, 1.54) is 14.1 Å². The van der Waals surface area contributed by atoms with E-state index >= 15 is 0 Å². The molecule has 0 aromatic carbocycles. The van der Waals surface area contributed by atoms with Gasteiger partial charge >= 0.3 is 6.18 Å². The van der Waals surface area contributed by atoms with Gasteiger partial charge in [-0.1, -0.05) is 0 Å². The average molecular weight is 324 g/mol. The monoisotopic (exact) mass is 324 g/mol. The molecule has 10 heteroatoms. The van der Waals surface area contributed by atoms with Crippen LogP contribution in [0.3, 0.4) is 0 Å². The number of thiophene rings is 1. The third-order valence-corrected chi connectivity index (χ3v) is 3.69. The van der Waals surface area contributed by atoms with Crippen molar-refractivity contribution in [2.75, 3.05) is 31.7 Å². The van der Waals surface area contributed by atoms with E-state index < -0.39 is 31.0 Å². The van der Waals surface area contributed by atoms with Gasteiger partial charge in [0.05, 0.1) is 17.7 Å². The number of halogens is 3. The Kier molecular flexibility index (Phi) is 5.41. The van der Waals surface area contributed by atoms with Crippen molar-refractivity contribution in [3.63, 3.8) is 0 Å². The van der Waals surface area contributed by atoms with Crippen LogP contribution >= 0.6 is 11.3 Å². The maximum atomic E-state index is 12.1. The lowest BCUT2D eigenvalue weighted by atomic mass is 10.2. The fraction of sp³-hybridized carbons (Fsp3) is 0.455. The van der Waals surface area contributed by atoms with Crippen molar-refractivity contribution >= 4 is 33.8 Å². The van der Waals surface area contributed by atoms with E-state index in [4.69, 9.17) is 5.73 Å². The van der Waals surface area contributed by atoms with E-state index in [9.17, 15) is 22.8 Å². The van der Waals surface area contributed by atoms with Gasteiger partial charge in [0.2, 0.25) is 0 Å². The zero-order chi connectivity index (χ0) is 16.2. The Bertz CT molecular complexity index is 542. The van der Waals surface area contributed by atoms with Gasteiger partial charge in [0.15, 0.2) is 0 Å². The Morgan fingerprint density at radius 2 is 1.76 bits per heavy atom. The largest absolute Gasteiger partial charge is 0.397 e. The van der Waals surface area contributed by atoms with E-state index in [2.05, 4.69) is 16.0 Å². The number of amides is 2. The molecule has 0 spiro atoms. The molecule has 0 unspecified atom stereocenters. The summed E-state index contributed by atoms with van der Waals surface area (Å²) in [7, 11) is 2.75. The minimum Gasteiger partial charge on any atom is -0.397 e. The molecule has 0 fully saturated rings. The van der Waals surface area contributed by atoms with Crippen LogP contribution in [0.15, 0.2) is 0 Å². The van der Waals surface area contributed by atoms with Crippen molar-refractivity contribution < 1.29 is 22.8 Å². The van der Waals surface area contributed by atoms with Gasteiger partial charge in [-0.25, -0.2) is 0 Å². The smallest absolute Gasteiger partial charge is 0.390 e. The maximum Gasteiger partial charge on any atom is 0.390 e. The predicted molar refractivity (Wildman–Crippen MR) is 74.7 cm³/mol. The first-order valence-corrected chi connectivity index (χ1v) is 6.70. The van der Waals surface area contributed by atoms with Crippen LogP contribution in [0.1, 0.15) is 26.5 Å². The van der Waals surface area contributed by atoms with Crippen LogP contribution in [0.2, 0.25) is 0 Å². The number of hydrogen-bond acceptors (Lipinski definition) is 5. The lowest BCUT2D eigenvalue weighted by Gasteiger charge is -2.09. The van der Waals surface area contributed by atoms with Gasteiger partial charge < -0.3 is 21.7 Å². The summed E-state index contributed by atoms with van der Waals surface area (Å²) < 4.78 is 36.4. The fourth-order valence-electron chi connectivity index (χ4n) is 1.52. The molecule has 0 aliphatic carbocycles. The molecule has 6 nitrogen and oxygen atoms in total. The second kappa shape index (κ2) is 6.66. The molecule has 0 atom stereocenters. The van der Waals surface area contributed by atoms with Crippen molar-refractivity contribution in [2.24, 2.45) is 0 Å². The number of carbonyl (C=O) groups is 2. The Morgan fingerprint density at radius 3 is 2.24 bits per heavy atom.